The summed E-state index contributed by atoms with van der Waals surface area (Å²) >= 11 is 6.40. The van der Waals surface area contributed by atoms with Crippen molar-refractivity contribution in [3.05, 3.63) is 52.3 Å². The molecule has 0 bridgehead atoms. The van der Waals surface area contributed by atoms with E-state index in [2.05, 4.69) is 4.90 Å². The van der Waals surface area contributed by atoms with Crippen LogP contribution in [0.5, 0.6) is 0 Å². The molecule has 1 N–H and O–H groups in total. The van der Waals surface area contributed by atoms with Gasteiger partial charge in [-0.15, -0.1) is 0 Å². The maximum Gasteiger partial charge on any atom is 0.430 e. The highest BCUT2D eigenvalue weighted by atomic mass is 35.5. The molecule has 232 valence electrons. The van der Waals surface area contributed by atoms with E-state index in [1.54, 1.807) is 27.1 Å². The predicted molar refractivity (Wildman–Crippen MR) is 156 cm³/mol. The molecule has 0 spiro atoms. The first-order chi connectivity index (χ1) is 19.8. The summed E-state index contributed by atoms with van der Waals surface area (Å²) in [6.07, 6.45) is 2.13. The first-order valence-corrected chi connectivity index (χ1v) is 15.1. The molecule has 0 saturated carbocycles. The van der Waals surface area contributed by atoms with Crippen LogP contribution in [0.3, 0.4) is 0 Å². The predicted octanol–water partition coefficient (Wildman–Crippen LogP) is 5.82. The highest BCUT2D eigenvalue weighted by Gasteiger charge is 2.63. The zero-order valence-corrected chi connectivity index (χ0v) is 25.3. The number of alkyl halides is 3. The number of anilines is 1. The van der Waals surface area contributed by atoms with Crippen LogP contribution in [-0.4, -0.2) is 85.4 Å². The van der Waals surface area contributed by atoms with E-state index in [4.69, 9.17) is 16.3 Å². The standard InChI is InChI=1S/C31H41ClF3N3O4/c1-4-42-25-7-5-6-23(19-25)30(41,31(33,34)35)29(40)38-16-12-22(13-17-38)18-21-10-14-37(15-11-21)24-8-9-26(27(32)20-24)28(39)36(2)3/h6,8-9,19-22,41H,4-5,7,10-18H2,1-3H3. The minimum Gasteiger partial charge on any atom is -0.498 e. The molecular formula is C31H41ClF3N3O4. The Bertz CT molecular complexity index is 1200. The van der Waals surface area contributed by atoms with Crippen molar-refractivity contribution in [3.8, 4) is 0 Å². The SMILES string of the molecule is CCOC1=CC(C(O)(C(=O)N2CCC(CC3CCN(c4ccc(C(=O)N(C)C)c(Cl)c4)CC3)CC2)C(F)(F)F)=CCC1. The fraction of sp³-hybridized carbons (Fsp3) is 0.613. The van der Waals surface area contributed by atoms with Gasteiger partial charge in [-0.25, -0.2) is 0 Å². The van der Waals surface area contributed by atoms with E-state index < -0.39 is 23.3 Å². The smallest absolute Gasteiger partial charge is 0.430 e. The molecule has 2 saturated heterocycles. The van der Waals surface area contributed by atoms with Gasteiger partial charge in [-0.3, -0.25) is 9.59 Å². The van der Waals surface area contributed by atoms with Gasteiger partial charge in [-0.2, -0.15) is 13.2 Å². The number of nitrogens with zero attached hydrogens (tertiary/aromatic N) is 3. The van der Waals surface area contributed by atoms with Crippen LogP contribution in [0.15, 0.2) is 41.7 Å². The summed E-state index contributed by atoms with van der Waals surface area (Å²) in [7, 11) is 3.37. The molecule has 1 atom stereocenters. The summed E-state index contributed by atoms with van der Waals surface area (Å²) < 4.78 is 48.0. The van der Waals surface area contributed by atoms with Crippen LogP contribution in [0.2, 0.25) is 5.02 Å². The first kappa shape index (κ1) is 32.2. The number of rotatable bonds is 8. The number of allylic oxidation sites excluding steroid dienone is 2. The minimum absolute atomic E-state index is 0.139. The van der Waals surface area contributed by atoms with Gasteiger partial charge in [-0.1, -0.05) is 17.7 Å². The third-order valence-electron chi connectivity index (χ3n) is 8.68. The van der Waals surface area contributed by atoms with Crippen molar-refractivity contribution in [1.82, 2.24) is 9.80 Å². The Labute approximate surface area is 250 Å². The Kier molecular flexibility index (Phi) is 10.2. The molecule has 2 aliphatic heterocycles. The molecule has 2 heterocycles. The van der Waals surface area contributed by atoms with Crippen molar-refractivity contribution in [2.24, 2.45) is 11.8 Å². The number of halogens is 4. The summed E-state index contributed by atoms with van der Waals surface area (Å²) in [6.45, 7) is 4.11. The molecule has 1 aliphatic carbocycles. The summed E-state index contributed by atoms with van der Waals surface area (Å²) in [6, 6.07) is 5.53. The molecule has 11 heteroatoms. The number of carbonyl (C=O) groups excluding carboxylic acids is 2. The number of ether oxygens (including phenoxy) is 1. The maximum atomic E-state index is 14.2. The van der Waals surface area contributed by atoms with Gasteiger partial charge in [0.15, 0.2) is 0 Å². The normalized spacial score (nSPS) is 20.5. The number of amides is 2. The number of hydrogen-bond acceptors (Lipinski definition) is 5. The molecule has 1 aromatic rings. The number of aliphatic hydroxyl groups is 1. The quantitative estimate of drug-likeness (QED) is 0.401. The Morgan fingerprint density at radius 2 is 1.69 bits per heavy atom. The van der Waals surface area contributed by atoms with Crippen molar-refractivity contribution < 1.29 is 32.6 Å². The van der Waals surface area contributed by atoms with Crippen LogP contribution in [0.1, 0.15) is 62.2 Å². The maximum absolute atomic E-state index is 14.2. The van der Waals surface area contributed by atoms with Gasteiger partial charge >= 0.3 is 6.18 Å². The Morgan fingerprint density at radius 3 is 2.24 bits per heavy atom. The van der Waals surface area contributed by atoms with Gasteiger partial charge in [0.25, 0.3) is 17.4 Å². The topological polar surface area (TPSA) is 73.3 Å². The van der Waals surface area contributed by atoms with Crippen molar-refractivity contribution in [2.75, 3.05) is 51.8 Å². The lowest BCUT2D eigenvalue weighted by Gasteiger charge is -2.40. The van der Waals surface area contributed by atoms with E-state index in [1.165, 1.54) is 22.0 Å². The monoisotopic (exact) mass is 611 g/mol. The number of piperidine rings is 2. The van der Waals surface area contributed by atoms with Gasteiger partial charge < -0.3 is 24.5 Å². The average Bonchev–Trinajstić information content (AvgIpc) is 2.96. The van der Waals surface area contributed by atoms with E-state index in [0.717, 1.165) is 38.0 Å². The second kappa shape index (κ2) is 13.3. The van der Waals surface area contributed by atoms with Crippen LogP contribution < -0.4 is 4.90 Å². The Balaban J connectivity index is 1.30. The number of carbonyl (C=O) groups is 2. The van der Waals surface area contributed by atoms with Gasteiger partial charge in [0, 0.05) is 58.0 Å². The second-order valence-corrected chi connectivity index (χ2v) is 12.1. The highest BCUT2D eigenvalue weighted by molar-refractivity contribution is 6.34. The molecule has 3 aliphatic rings. The molecule has 7 nitrogen and oxygen atoms in total. The first-order valence-electron chi connectivity index (χ1n) is 14.7. The number of hydrogen-bond donors (Lipinski definition) is 1. The lowest BCUT2D eigenvalue weighted by molar-refractivity contribution is -0.242. The van der Waals surface area contributed by atoms with Crippen molar-refractivity contribution in [3.63, 3.8) is 0 Å². The van der Waals surface area contributed by atoms with E-state index in [9.17, 15) is 27.9 Å². The molecule has 0 radical (unpaired) electrons. The fourth-order valence-electron chi connectivity index (χ4n) is 6.25. The zero-order valence-electron chi connectivity index (χ0n) is 24.6. The summed E-state index contributed by atoms with van der Waals surface area (Å²) in [5.74, 6) is -0.303. The lowest BCUT2D eigenvalue weighted by Crippen LogP contribution is -2.60. The van der Waals surface area contributed by atoms with Crippen LogP contribution in [-0.2, 0) is 9.53 Å². The van der Waals surface area contributed by atoms with Gasteiger partial charge in [0.1, 0.15) is 0 Å². The van der Waals surface area contributed by atoms with Crippen molar-refractivity contribution >= 4 is 29.1 Å². The molecule has 1 aromatic carbocycles. The summed E-state index contributed by atoms with van der Waals surface area (Å²) in [5.41, 5.74) is -2.59. The zero-order chi connectivity index (χ0) is 30.7. The number of likely N-dealkylation sites (tertiary alicyclic amines) is 1. The Morgan fingerprint density at radius 1 is 1.07 bits per heavy atom. The van der Waals surface area contributed by atoms with Gasteiger partial charge in [0.05, 0.1) is 23.0 Å². The van der Waals surface area contributed by atoms with E-state index in [1.807, 2.05) is 12.1 Å². The highest BCUT2D eigenvalue weighted by Crippen LogP contribution is 2.42. The van der Waals surface area contributed by atoms with Crippen LogP contribution in [0, 0.1) is 11.8 Å². The molecule has 1 unspecified atom stereocenters. The van der Waals surface area contributed by atoms with Crippen molar-refractivity contribution in [1.29, 1.82) is 0 Å². The Hall–Kier alpha value is -2.72. The lowest BCUT2D eigenvalue weighted by atomic mass is 9.81. The number of benzene rings is 1. The molecule has 4 rings (SSSR count). The molecule has 2 fully saturated rings. The third kappa shape index (κ3) is 6.91. The van der Waals surface area contributed by atoms with Gasteiger partial charge in [-0.05, 0) is 81.6 Å². The largest absolute Gasteiger partial charge is 0.498 e. The second-order valence-electron chi connectivity index (χ2n) is 11.7. The van der Waals surface area contributed by atoms with Crippen molar-refractivity contribution in [2.45, 2.75) is 63.6 Å². The fourth-order valence-corrected chi connectivity index (χ4v) is 6.50. The molecule has 0 aromatic heterocycles. The van der Waals surface area contributed by atoms with Crippen LogP contribution in [0.4, 0.5) is 18.9 Å². The summed E-state index contributed by atoms with van der Waals surface area (Å²) in [4.78, 5) is 30.4. The molecule has 2 amide bonds. The van der Waals surface area contributed by atoms with E-state index in [0.29, 0.717) is 54.1 Å². The van der Waals surface area contributed by atoms with Gasteiger partial charge in [0.2, 0.25) is 0 Å². The van der Waals surface area contributed by atoms with Crippen LogP contribution >= 0.6 is 11.6 Å². The minimum atomic E-state index is -5.15. The third-order valence-corrected chi connectivity index (χ3v) is 8.99. The molecular weight excluding hydrogens is 571 g/mol. The van der Waals surface area contributed by atoms with E-state index in [-0.39, 0.29) is 25.4 Å². The average molecular weight is 612 g/mol. The molecule has 42 heavy (non-hydrogen) atoms. The van der Waals surface area contributed by atoms with E-state index >= 15 is 0 Å². The summed E-state index contributed by atoms with van der Waals surface area (Å²) in [5, 5.41) is 11.3. The van der Waals surface area contributed by atoms with Crippen LogP contribution in [0.25, 0.3) is 0 Å².